The minimum Gasteiger partial charge on any atom is -0.497 e. The van der Waals surface area contributed by atoms with Crippen molar-refractivity contribution in [1.29, 1.82) is 0 Å². The Morgan fingerprint density at radius 2 is 1.79 bits per heavy atom. The van der Waals surface area contributed by atoms with Gasteiger partial charge in [0, 0.05) is 19.2 Å². The van der Waals surface area contributed by atoms with Crippen molar-refractivity contribution in [3.8, 4) is 5.75 Å². The fourth-order valence-corrected chi connectivity index (χ4v) is 3.24. The highest BCUT2D eigenvalue weighted by Crippen LogP contribution is 2.41. The zero-order valence-electron chi connectivity index (χ0n) is 16.6. The Labute approximate surface area is 169 Å². The van der Waals surface area contributed by atoms with Crippen LogP contribution in [0.2, 0.25) is 0 Å². The van der Waals surface area contributed by atoms with Crippen LogP contribution in [0.3, 0.4) is 0 Å². The topological polar surface area (TPSA) is 114 Å². The third kappa shape index (κ3) is 4.09. The molecule has 154 valence electrons. The predicted octanol–water partition coefficient (Wildman–Crippen LogP) is 1.54. The first-order chi connectivity index (χ1) is 13.8. The second kappa shape index (κ2) is 8.20. The number of nitrogens with zero attached hydrogens (tertiary/aromatic N) is 1. The van der Waals surface area contributed by atoms with Gasteiger partial charge in [0.25, 0.3) is 11.8 Å². The van der Waals surface area contributed by atoms with Crippen LogP contribution in [0.1, 0.15) is 23.6 Å². The highest BCUT2D eigenvalue weighted by atomic mass is 16.7. The lowest BCUT2D eigenvalue weighted by molar-refractivity contribution is -0.153. The Balaban J connectivity index is 1.91. The molecule has 0 bridgehead atoms. The van der Waals surface area contributed by atoms with E-state index in [1.165, 1.54) is 11.9 Å². The molecule has 2 amide bonds. The van der Waals surface area contributed by atoms with E-state index in [1.54, 1.807) is 43.5 Å². The molecular weight excluding hydrogens is 374 g/mol. The number of aliphatic hydroxyl groups is 1. The third-order valence-corrected chi connectivity index (χ3v) is 5.15. The number of ether oxygens (including phenoxy) is 1. The van der Waals surface area contributed by atoms with Gasteiger partial charge in [-0.1, -0.05) is 29.8 Å². The highest BCUT2D eigenvalue weighted by Gasteiger charge is 2.63. The maximum absolute atomic E-state index is 13.1. The number of nitrogens with two attached hydrogens (primary N) is 1. The second-order valence-electron chi connectivity index (χ2n) is 7.17. The summed E-state index contributed by atoms with van der Waals surface area (Å²) < 4.78 is 5.17. The van der Waals surface area contributed by atoms with Gasteiger partial charge in [-0.2, -0.15) is 0 Å². The van der Waals surface area contributed by atoms with E-state index in [4.69, 9.17) is 15.5 Å². The first-order valence-corrected chi connectivity index (χ1v) is 9.17. The van der Waals surface area contributed by atoms with E-state index in [-0.39, 0.29) is 6.42 Å². The zero-order chi connectivity index (χ0) is 21.2. The van der Waals surface area contributed by atoms with Gasteiger partial charge >= 0.3 is 0 Å². The number of nitrogens with one attached hydrogen (secondary N) is 1. The molecule has 4 N–H and O–H groups in total. The van der Waals surface area contributed by atoms with E-state index in [1.807, 2.05) is 19.1 Å². The van der Waals surface area contributed by atoms with Crippen LogP contribution >= 0.6 is 0 Å². The van der Waals surface area contributed by atoms with Gasteiger partial charge in [-0.25, -0.2) is 5.90 Å². The second-order valence-corrected chi connectivity index (χ2v) is 7.17. The van der Waals surface area contributed by atoms with Gasteiger partial charge in [0.1, 0.15) is 11.8 Å². The molecule has 0 spiro atoms. The lowest BCUT2D eigenvalue weighted by Crippen LogP contribution is -2.47. The van der Waals surface area contributed by atoms with Crippen molar-refractivity contribution in [2.24, 2.45) is 5.90 Å². The van der Waals surface area contributed by atoms with Gasteiger partial charge in [-0.3, -0.25) is 14.4 Å². The molecule has 2 aromatic rings. The first kappa shape index (κ1) is 20.8. The number of hydrogen-bond acceptors (Lipinski definition) is 6. The molecule has 0 aliphatic heterocycles. The van der Waals surface area contributed by atoms with Crippen LogP contribution in [0, 0.1) is 6.92 Å². The van der Waals surface area contributed by atoms with Gasteiger partial charge in [0.15, 0.2) is 5.60 Å². The fraction of sp³-hybridized carbons (Fsp3) is 0.333. The largest absolute Gasteiger partial charge is 0.497 e. The molecule has 2 unspecified atom stereocenters. The molecule has 1 saturated carbocycles. The summed E-state index contributed by atoms with van der Waals surface area (Å²) in [6.07, 6.45) is -0.916. The van der Waals surface area contributed by atoms with Crippen molar-refractivity contribution < 1.29 is 24.3 Å². The van der Waals surface area contributed by atoms with E-state index < -0.39 is 29.6 Å². The summed E-state index contributed by atoms with van der Waals surface area (Å²) >= 11 is 0. The van der Waals surface area contributed by atoms with E-state index in [2.05, 4.69) is 5.32 Å². The smallest absolute Gasteiger partial charge is 0.260 e. The van der Waals surface area contributed by atoms with Crippen LogP contribution < -0.4 is 16.0 Å². The summed E-state index contributed by atoms with van der Waals surface area (Å²) in [5.74, 6) is 4.92. The van der Waals surface area contributed by atoms with Crippen LogP contribution in [-0.4, -0.2) is 47.7 Å². The molecule has 3 rings (SSSR count). The number of aliphatic hydroxyl groups excluding tert-OH is 1. The van der Waals surface area contributed by atoms with Crippen molar-refractivity contribution >= 4 is 17.5 Å². The number of amides is 2. The van der Waals surface area contributed by atoms with Crippen molar-refractivity contribution in [2.75, 3.05) is 19.5 Å². The van der Waals surface area contributed by atoms with Gasteiger partial charge in [-0.05, 0) is 36.8 Å². The normalized spacial score (nSPS) is 21.2. The van der Waals surface area contributed by atoms with Crippen molar-refractivity contribution in [3.05, 3.63) is 59.7 Å². The first-order valence-electron chi connectivity index (χ1n) is 9.17. The minimum absolute atomic E-state index is 0.0849. The average Bonchev–Trinajstić information content (AvgIpc) is 3.41. The number of methoxy groups -OCH3 is 1. The molecule has 1 fully saturated rings. The Bertz CT molecular complexity index is 880. The quantitative estimate of drug-likeness (QED) is 0.609. The summed E-state index contributed by atoms with van der Waals surface area (Å²) in [5.41, 5.74) is 0.736. The standard InChI is InChI=1S/C21H25N3O5/c1-13-4-8-15(9-5-13)23-19(26)18(14-6-10-16(28-3)11-7-14)24(2)20(27)21(29-22)12-17(21)25/h4-11,17-18,25H,12,22H2,1-3H3,(H,23,26)/t17?,18?,21-/m0/s1. The molecule has 0 radical (unpaired) electrons. The van der Waals surface area contributed by atoms with Crippen molar-refractivity contribution in [3.63, 3.8) is 0 Å². The van der Waals surface area contributed by atoms with Crippen molar-refractivity contribution in [2.45, 2.75) is 31.1 Å². The molecule has 1 aliphatic rings. The Kier molecular flexibility index (Phi) is 5.88. The third-order valence-electron chi connectivity index (χ3n) is 5.15. The number of benzene rings is 2. The molecule has 8 nitrogen and oxygen atoms in total. The molecule has 1 aliphatic carbocycles. The Morgan fingerprint density at radius 3 is 2.28 bits per heavy atom. The van der Waals surface area contributed by atoms with Gasteiger partial charge < -0.3 is 20.1 Å². The summed E-state index contributed by atoms with van der Waals surface area (Å²) in [6.45, 7) is 1.95. The van der Waals surface area contributed by atoms with Gasteiger partial charge in [0.2, 0.25) is 0 Å². The highest BCUT2D eigenvalue weighted by molar-refractivity contribution is 6.00. The number of aryl methyl sites for hydroxylation is 1. The van der Waals surface area contributed by atoms with E-state index in [9.17, 15) is 14.7 Å². The molecule has 3 atom stereocenters. The molecule has 29 heavy (non-hydrogen) atoms. The van der Waals surface area contributed by atoms with Crippen LogP contribution in [0.15, 0.2) is 48.5 Å². The van der Waals surface area contributed by atoms with Crippen LogP contribution in [0.25, 0.3) is 0 Å². The Hall–Kier alpha value is -2.94. The minimum atomic E-state index is -1.51. The van der Waals surface area contributed by atoms with E-state index in [0.29, 0.717) is 17.0 Å². The van der Waals surface area contributed by atoms with Gasteiger partial charge in [-0.15, -0.1) is 0 Å². The number of carbonyl (C=O) groups excluding carboxylic acids is 2. The van der Waals surface area contributed by atoms with Crippen molar-refractivity contribution in [1.82, 2.24) is 4.90 Å². The molecule has 0 heterocycles. The zero-order valence-corrected chi connectivity index (χ0v) is 16.6. The summed E-state index contributed by atoms with van der Waals surface area (Å²) in [6, 6.07) is 13.2. The van der Waals surface area contributed by atoms with E-state index >= 15 is 0 Å². The summed E-state index contributed by atoms with van der Waals surface area (Å²) in [7, 11) is 3.03. The SMILES string of the molecule is COc1ccc(C(C(=O)Nc2ccc(C)cc2)N(C)C(=O)[C@]2(ON)CC2O)cc1. The molecule has 0 saturated heterocycles. The van der Waals surface area contributed by atoms with Crippen LogP contribution in [0.4, 0.5) is 5.69 Å². The van der Waals surface area contributed by atoms with E-state index in [0.717, 1.165) is 5.56 Å². The fourth-order valence-electron chi connectivity index (χ4n) is 3.24. The number of carbonyl (C=O) groups is 2. The summed E-state index contributed by atoms with van der Waals surface area (Å²) in [5, 5.41) is 12.7. The van der Waals surface area contributed by atoms with Crippen LogP contribution in [0.5, 0.6) is 5.75 Å². The maximum Gasteiger partial charge on any atom is 0.260 e. The number of rotatable bonds is 7. The number of hydrogen-bond donors (Lipinski definition) is 3. The number of anilines is 1. The maximum atomic E-state index is 13.1. The molecule has 0 aromatic heterocycles. The molecule has 8 heteroatoms. The predicted molar refractivity (Wildman–Crippen MR) is 107 cm³/mol. The lowest BCUT2D eigenvalue weighted by Gasteiger charge is -2.30. The number of likely N-dealkylation sites (N-methyl/N-ethyl adjacent to an activating group) is 1. The average molecular weight is 399 g/mol. The van der Waals surface area contributed by atoms with Crippen LogP contribution in [-0.2, 0) is 14.4 Å². The molecular formula is C21H25N3O5. The van der Waals surface area contributed by atoms with Gasteiger partial charge in [0.05, 0.1) is 13.2 Å². The monoisotopic (exact) mass is 399 g/mol. The molecule has 2 aromatic carbocycles. The Morgan fingerprint density at radius 1 is 1.21 bits per heavy atom. The summed E-state index contributed by atoms with van der Waals surface area (Å²) in [4.78, 5) is 32.1. The lowest BCUT2D eigenvalue weighted by atomic mass is 10.0.